The van der Waals surface area contributed by atoms with E-state index in [0.717, 1.165) is 0 Å². The summed E-state index contributed by atoms with van der Waals surface area (Å²) in [4.78, 5) is 10.7. The smallest absolute Gasteiger partial charge is 0.341 e. The van der Waals surface area contributed by atoms with Gasteiger partial charge in [-0.05, 0) is 6.42 Å². The van der Waals surface area contributed by atoms with E-state index in [1.54, 1.807) is 0 Å². The predicted octanol–water partition coefficient (Wildman–Crippen LogP) is 1.50. The highest BCUT2D eigenvalue weighted by Gasteiger charge is 2.19. The van der Waals surface area contributed by atoms with E-state index in [2.05, 4.69) is 5.16 Å². The van der Waals surface area contributed by atoms with Crippen LogP contribution in [0.25, 0.3) is 0 Å². The lowest BCUT2D eigenvalue weighted by Crippen LogP contribution is -2.02. The van der Waals surface area contributed by atoms with Crippen molar-refractivity contribution in [2.75, 3.05) is 0 Å². The Balaban J connectivity index is 3.16. The van der Waals surface area contributed by atoms with Gasteiger partial charge < -0.3 is 9.63 Å². The van der Waals surface area contributed by atoms with E-state index in [-0.39, 0.29) is 5.56 Å². The summed E-state index contributed by atoms with van der Waals surface area (Å²) in [6.07, 6.45) is 1.15. The molecule has 4 nitrogen and oxygen atoms in total. The van der Waals surface area contributed by atoms with Gasteiger partial charge in [0.05, 0.1) is 5.69 Å². The van der Waals surface area contributed by atoms with Gasteiger partial charge in [0.15, 0.2) is 5.76 Å². The number of hydrogen-bond donors (Lipinski definition) is 1. The van der Waals surface area contributed by atoms with E-state index < -0.39 is 5.97 Å². The van der Waals surface area contributed by atoms with Gasteiger partial charge in [0.1, 0.15) is 5.56 Å². The minimum Gasteiger partial charge on any atom is -0.477 e. The molecule has 66 valence electrons. The van der Waals surface area contributed by atoms with Crippen molar-refractivity contribution in [3.05, 3.63) is 17.0 Å². The van der Waals surface area contributed by atoms with Crippen molar-refractivity contribution in [1.29, 1.82) is 0 Å². The van der Waals surface area contributed by atoms with Crippen LogP contribution in [0.1, 0.15) is 35.7 Å². The number of carbonyl (C=O) groups is 1. The Morgan fingerprint density at radius 2 is 2.17 bits per heavy atom. The lowest BCUT2D eigenvalue weighted by atomic mass is 10.1. The molecule has 0 atom stereocenters. The van der Waals surface area contributed by atoms with Gasteiger partial charge >= 0.3 is 5.97 Å². The van der Waals surface area contributed by atoms with E-state index >= 15 is 0 Å². The summed E-state index contributed by atoms with van der Waals surface area (Å²) in [5, 5.41) is 12.5. The Bertz CT molecular complexity index is 269. The van der Waals surface area contributed by atoms with Crippen molar-refractivity contribution >= 4 is 5.97 Å². The predicted molar refractivity (Wildman–Crippen MR) is 42.2 cm³/mol. The summed E-state index contributed by atoms with van der Waals surface area (Å²) >= 11 is 0. The minimum absolute atomic E-state index is 0.236. The molecule has 0 radical (unpaired) electrons. The summed E-state index contributed by atoms with van der Waals surface area (Å²) in [5.74, 6) is -0.496. The molecular formula is C8H11NO3. The maximum Gasteiger partial charge on any atom is 0.341 e. The minimum atomic E-state index is -0.954. The molecule has 0 aliphatic rings. The SMILES string of the molecule is CCc1noc(CC)c1C(=O)O. The average Bonchev–Trinajstić information content (AvgIpc) is 2.46. The van der Waals surface area contributed by atoms with E-state index in [9.17, 15) is 4.79 Å². The Morgan fingerprint density at radius 1 is 1.50 bits per heavy atom. The summed E-state index contributed by atoms with van der Waals surface area (Å²) in [6.45, 7) is 3.69. The molecule has 1 aromatic heterocycles. The van der Waals surface area contributed by atoms with Crippen LogP contribution in [-0.2, 0) is 12.8 Å². The first-order valence-electron chi connectivity index (χ1n) is 3.91. The number of carboxylic acid groups (broad SMARTS) is 1. The highest BCUT2D eigenvalue weighted by molar-refractivity contribution is 5.89. The number of carboxylic acids is 1. The number of nitrogens with zero attached hydrogens (tertiary/aromatic N) is 1. The highest BCUT2D eigenvalue weighted by atomic mass is 16.5. The number of hydrogen-bond acceptors (Lipinski definition) is 3. The Kier molecular flexibility index (Phi) is 2.47. The summed E-state index contributed by atoms with van der Waals surface area (Å²) in [5.41, 5.74) is 0.763. The average molecular weight is 169 g/mol. The molecule has 0 amide bonds. The van der Waals surface area contributed by atoms with Crippen molar-refractivity contribution in [2.24, 2.45) is 0 Å². The standard InChI is InChI=1S/C8H11NO3/c1-3-5-7(8(10)11)6(4-2)12-9-5/h3-4H2,1-2H3,(H,10,11). The van der Waals surface area contributed by atoms with Crippen LogP contribution in [0.3, 0.4) is 0 Å². The monoisotopic (exact) mass is 169 g/mol. The third-order valence-corrected chi connectivity index (χ3v) is 1.70. The molecule has 0 saturated heterocycles. The van der Waals surface area contributed by atoms with Crippen LogP contribution in [-0.4, -0.2) is 16.2 Å². The second-order valence-electron chi connectivity index (χ2n) is 2.44. The Morgan fingerprint density at radius 3 is 2.58 bits per heavy atom. The molecule has 0 aromatic carbocycles. The van der Waals surface area contributed by atoms with Crippen molar-refractivity contribution in [3.8, 4) is 0 Å². The number of rotatable bonds is 3. The molecule has 1 N–H and O–H groups in total. The van der Waals surface area contributed by atoms with Crippen LogP contribution in [0.15, 0.2) is 4.52 Å². The van der Waals surface area contributed by atoms with Crippen LogP contribution >= 0.6 is 0 Å². The summed E-state index contributed by atoms with van der Waals surface area (Å²) < 4.78 is 4.87. The zero-order valence-electron chi connectivity index (χ0n) is 7.13. The zero-order valence-corrected chi connectivity index (χ0v) is 7.13. The van der Waals surface area contributed by atoms with Gasteiger partial charge in [-0.2, -0.15) is 0 Å². The molecule has 0 bridgehead atoms. The van der Waals surface area contributed by atoms with Crippen molar-refractivity contribution in [1.82, 2.24) is 5.16 Å². The molecule has 0 fully saturated rings. The van der Waals surface area contributed by atoms with Crippen LogP contribution in [0, 0.1) is 0 Å². The fourth-order valence-electron chi connectivity index (χ4n) is 1.09. The number of aromatic nitrogens is 1. The Labute approximate surface area is 70.2 Å². The van der Waals surface area contributed by atoms with Gasteiger partial charge in [-0.3, -0.25) is 0 Å². The normalized spacial score (nSPS) is 10.2. The van der Waals surface area contributed by atoms with Crippen molar-refractivity contribution < 1.29 is 14.4 Å². The van der Waals surface area contributed by atoms with E-state index in [0.29, 0.717) is 24.3 Å². The molecule has 1 rings (SSSR count). The van der Waals surface area contributed by atoms with Gasteiger partial charge in [0.2, 0.25) is 0 Å². The highest BCUT2D eigenvalue weighted by Crippen LogP contribution is 2.15. The molecule has 4 heteroatoms. The third-order valence-electron chi connectivity index (χ3n) is 1.70. The molecule has 0 spiro atoms. The summed E-state index contributed by atoms with van der Waals surface area (Å²) in [7, 11) is 0. The Hall–Kier alpha value is -1.32. The first-order chi connectivity index (χ1) is 5.70. The van der Waals surface area contributed by atoms with E-state index in [1.807, 2.05) is 13.8 Å². The van der Waals surface area contributed by atoms with Crippen LogP contribution in [0.2, 0.25) is 0 Å². The first-order valence-corrected chi connectivity index (χ1v) is 3.91. The van der Waals surface area contributed by atoms with E-state index in [4.69, 9.17) is 9.63 Å². The fraction of sp³-hybridized carbons (Fsp3) is 0.500. The van der Waals surface area contributed by atoms with Gasteiger partial charge in [0.25, 0.3) is 0 Å². The second kappa shape index (κ2) is 3.38. The molecule has 0 aliphatic heterocycles. The maximum absolute atomic E-state index is 10.7. The van der Waals surface area contributed by atoms with Crippen molar-refractivity contribution in [2.45, 2.75) is 26.7 Å². The second-order valence-corrected chi connectivity index (χ2v) is 2.44. The molecule has 0 saturated carbocycles. The molecule has 12 heavy (non-hydrogen) atoms. The van der Waals surface area contributed by atoms with Gasteiger partial charge in [0, 0.05) is 6.42 Å². The van der Waals surface area contributed by atoms with Gasteiger partial charge in [-0.1, -0.05) is 19.0 Å². The van der Waals surface area contributed by atoms with E-state index in [1.165, 1.54) is 0 Å². The molecule has 1 aromatic rings. The van der Waals surface area contributed by atoms with Crippen LogP contribution < -0.4 is 0 Å². The third kappa shape index (κ3) is 1.32. The van der Waals surface area contributed by atoms with Crippen LogP contribution in [0.4, 0.5) is 0 Å². The van der Waals surface area contributed by atoms with Crippen molar-refractivity contribution in [3.63, 3.8) is 0 Å². The number of aromatic carboxylic acids is 1. The molecular weight excluding hydrogens is 158 g/mol. The molecule has 0 aliphatic carbocycles. The lowest BCUT2D eigenvalue weighted by molar-refractivity contribution is 0.0693. The molecule has 0 unspecified atom stereocenters. The van der Waals surface area contributed by atoms with Crippen LogP contribution in [0.5, 0.6) is 0 Å². The number of aryl methyl sites for hydroxylation is 2. The summed E-state index contributed by atoms with van der Waals surface area (Å²) in [6, 6.07) is 0. The topological polar surface area (TPSA) is 63.3 Å². The van der Waals surface area contributed by atoms with Gasteiger partial charge in [-0.15, -0.1) is 0 Å². The maximum atomic E-state index is 10.7. The fourth-order valence-corrected chi connectivity index (χ4v) is 1.09. The van der Waals surface area contributed by atoms with Gasteiger partial charge in [-0.25, -0.2) is 4.79 Å². The quantitative estimate of drug-likeness (QED) is 0.744. The lowest BCUT2D eigenvalue weighted by Gasteiger charge is -1.92. The largest absolute Gasteiger partial charge is 0.477 e. The first kappa shape index (κ1) is 8.77. The zero-order chi connectivity index (χ0) is 9.14. The molecule has 1 heterocycles.